The third kappa shape index (κ3) is 5.20. The van der Waals surface area contributed by atoms with E-state index in [2.05, 4.69) is 41.9 Å². The number of allylic oxidation sites excluding steroid dienone is 1. The van der Waals surface area contributed by atoms with Gasteiger partial charge in [0.25, 0.3) is 0 Å². The maximum atomic E-state index is 3.38. The smallest absolute Gasteiger partial charge is 0.00828 e. The molecule has 0 bridgehead atoms. The zero-order chi connectivity index (χ0) is 10.1. The summed E-state index contributed by atoms with van der Waals surface area (Å²) in [6.07, 6.45) is 7.98. The van der Waals surface area contributed by atoms with Gasteiger partial charge in [0.15, 0.2) is 0 Å². The molecule has 0 radical (unpaired) electrons. The Morgan fingerprint density at radius 2 is 2.29 bits per heavy atom. The minimum Gasteiger partial charge on any atom is -0.316 e. The highest BCUT2D eigenvalue weighted by atomic mass is 32.1. The summed E-state index contributed by atoms with van der Waals surface area (Å²) in [5.74, 6) is 0. The molecule has 1 aromatic rings. The third-order valence-electron chi connectivity index (χ3n) is 1.98. The van der Waals surface area contributed by atoms with Crippen molar-refractivity contribution in [3.63, 3.8) is 0 Å². The van der Waals surface area contributed by atoms with E-state index >= 15 is 0 Å². The summed E-state index contributed by atoms with van der Waals surface area (Å²) in [4.78, 5) is 1.45. The zero-order valence-electron chi connectivity index (χ0n) is 8.83. The molecule has 1 heterocycles. The predicted octanol–water partition coefficient (Wildman–Crippen LogP) is 3.24. The maximum Gasteiger partial charge on any atom is 0.00828 e. The fraction of sp³-hybridized carbons (Fsp3) is 0.500. The number of hydrogen-bond acceptors (Lipinski definition) is 2. The molecule has 0 saturated carbocycles. The Morgan fingerprint density at radius 1 is 1.36 bits per heavy atom. The van der Waals surface area contributed by atoms with Gasteiger partial charge in [0.2, 0.25) is 0 Å². The lowest BCUT2D eigenvalue weighted by molar-refractivity contribution is 0.678. The van der Waals surface area contributed by atoms with E-state index in [0.29, 0.717) is 0 Å². The van der Waals surface area contributed by atoms with Crippen LogP contribution in [0.1, 0.15) is 24.6 Å². The highest BCUT2D eigenvalue weighted by molar-refractivity contribution is 7.09. The molecule has 1 N–H and O–H groups in total. The van der Waals surface area contributed by atoms with Crippen LogP contribution in [0.25, 0.3) is 0 Å². The van der Waals surface area contributed by atoms with Crippen LogP contribution < -0.4 is 5.32 Å². The molecule has 0 aliphatic carbocycles. The second kappa shape index (κ2) is 7.77. The standard InChI is InChI=1S/C12H19NS/c1-2-9-13-10-5-3-4-7-12-8-6-11-14-12/h3-4,6,8,11,13H,2,5,7,9-10H2,1H3. The molecule has 1 rings (SSSR count). The summed E-state index contributed by atoms with van der Waals surface area (Å²) >= 11 is 1.83. The topological polar surface area (TPSA) is 12.0 Å². The van der Waals surface area contributed by atoms with Gasteiger partial charge in [-0.15, -0.1) is 11.3 Å². The lowest BCUT2D eigenvalue weighted by Crippen LogP contribution is -2.14. The minimum absolute atomic E-state index is 1.09. The second-order valence-electron chi connectivity index (χ2n) is 3.29. The monoisotopic (exact) mass is 209 g/mol. The molecule has 1 aromatic heterocycles. The van der Waals surface area contributed by atoms with E-state index in [0.717, 1.165) is 25.9 Å². The Balaban J connectivity index is 1.99. The fourth-order valence-electron chi connectivity index (χ4n) is 1.23. The molecule has 14 heavy (non-hydrogen) atoms. The lowest BCUT2D eigenvalue weighted by atomic mass is 10.3. The first-order chi connectivity index (χ1) is 6.93. The van der Waals surface area contributed by atoms with E-state index in [4.69, 9.17) is 0 Å². The summed E-state index contributed by atoms with van der Waals surface area (Å²) in [5, 5.41) is 5.51. The molecule has 1 nitrogen and oxygen atoms in total. The van der Waals surface area contributed by atoms with Crippen LogP contribution in [-0.2, 0) is 6.42 Å². The van der Waals surface area contributed by atoms with Gasteiger partial charge < -0.3 is 5.32 Å². The van der Waals surface area contributed by atoms with Crippen LogP contribution >= 0.6 is 11.3 Å². The Kier molecular flexibility index (Phi) is 6.37. The van der Waals surface area contributed by atoms with Gasteiger partial charge in [-0.25, -0.2) is 0 Å². The Labute approximate surface area is 90.9 Å². The Hall–Kier alpha value is -0.600. The van der Waals surface area contributed by atoms with Crippen molar-refractivity contribution < 1.29 is 0 Å². The van der Waals surface area contributed by atoms with Gasteiger partial charge in [-0.05, 0) is 43.8 Å². The van der Waals surface area contributed by atoms with Gasteiger partial charge in [0.05, 0.1) is 0 Å². The SMILES string of the molecule is CCCNCCC=CCc1cccs1. The molecule has 0 aromatic carbocycles. The molecule has 78 valence electrons. The van der Waals surface area contributed by atoms with Crippen LogP contribution in [0.4, 0.5) is 0 Å². The highest BCUT2D eigenvalue weighted by Gasteiger charge is 1.87. The molecular formula is C12H19NS. The quantitative estimate of drug-likeness (QED) is 0.537. The maximum absolute atomic E-state index is 3.38. The first kappa shape index (κ1) is 11.5. The van der Waals surface area contributed by atoms with E-state index < -0.39 is 0 Å². The molecule has 0 amide bonds. The predicted molar refractivity (Wildman–Crippen MR) is 64.9 cm³/mol. The van der Waals surface area contributed by atoms with E-state index in [1.54, 1.807) is 0 Å². The first-order valence-corrected chi connectivity index (χ1v) is 6.19. The lowest BCUT2D eigenvalue weighted by Gasteiger charge is -1.97. The van der Waals surface area contributed by atoms with Crippen molar-refractivity contribution in [2.45, 2.75) is 26.2 Å². The van der Waals surface area contributed by atoms with Gasteiger partial charge >= 0.3 is 0 Å². The molecular weight excluding hydrogens is 190 g/mol. The summed E-state index contributed by atoms with van der Waals surface area (Å²) in [6, 6.07) is 4.29. The van der Waals surface area contributed by atoms with Crippen LogP contribution in [0.15, 0.2) is 29.7 Å². The third-order valence-corrected chi connectivity index (χ3v) is 2.88. The Morgan fingerprint density at radius 3 is 3.00 bits per heavy atom. The van der Waals surface area contributed by atoms with E-state index in [9.17, 15) is 0 Å². The van der Waals surface area contributed by atoms with Crippen LogP contribution in [0, 0.1) is 0 Å². The second-order valence-corrected chi connectivity index (χ2v) is 4.33. The molecule has 0 saturated heterocycles. The average Bonchev–Trinajstić information content (AvgIpc) is 2.69. The molecule has 0 atom stereocenters. The Bertz CT molecular complexity index is 239. The largest absolute Gasteiger partial charge is 0.316 e. The van der Waals surface area contributed by atoms with Gasteiger partial charge in [0, 0.05) is 4.88 Å². The van der Waals surface area contributed by atoms with E-state index in [-0.39, 0.29) is 0 Å². The van der Waals surface area contributed by atoms with Crippen LogP contribution in [-0.4, -0.2) is 13.1 Å². The van der Waals surface area contributed by atoms with Crippen molar-refractivity contribution in [3.8, 4) is 0 Å². The minimum atomic E-state index is 1.09. The van der Waals surface area contributed by atoms with Crippen LogP contribution in [0.3, 0.4) is 0 Å². The van der Waals surface area contributed by atoms with E-state index in [1.165, 1.54) is 11.3 Å². The molecule has 0 unspecified atom stereocenters. The molecule has 0 aliphatic rings. The fourth-order valence-corrected chi connectivity index (χ4v) is 1.91. The van der Waals surface area contributed by atoms with E-state index in [1.807, 2.05) is 11.3 Å². The summed E-state index contributed by atoms with van der Waals surface area (Å²) in [7, 11) is 0. The van der Waals surface area contributed by atoms with Crippen molar-refractivity contribution in [1.29, 1.82) is 0 Å². The van der Waals surface area contributed by atoms with Crippen LogP contribution in [0.5, 0.6) is 0 Å². The first-order valence-electron chi connectivity index (χ1n) is 5.31. The summed E-state index contributed by atoms with van der Waals surface area (Å²) < 4.78 is 0. The molecule has 0 aliphatic heterocycles. The number of thiophene rings is 1. The molecule has 0 spiro atoms. The number of nitrogens with one attached hydrogen (secondary N) is 1. The van der Waals surface area contributed by atoms with Gasteiger partial charge in [-0.3, -0.25) is 0 Å². The van der Waals surface area contributed by atoms with Gasteiger partial charge in [-0.1, -0.05) is 25.1 Å². The summed E-state index contributed by atoms with van der Waals surface area (Å²) in [6.45, 7) is 4.44. The van der Waals surface area contributed by atoms with Crippen LogP contribution in [0.2, 0.25) is 0 Å². The molecule has 0 fully saturated rings. The van der Waals surface area contributed by atoms with Crippen molar-refractivity contribution in [3.05, 3.63) is 34.5 Å². The average molecular weight is 209 g/mol. The number of hydrogen-bond donors (Lipinski definition) is 1. The van der Waals surface area contributed by atoms with Crippen molar-refractivity contribution in [2.75, 3.05) is 13.1 Å². The highest BCUT2D eigenvalue weighted by Crippen LogP contribution is 2.09. The van der Waals surface area contributed by atoms with Gasteiger partial charge in [0.1, 0.15) is 0 Å². The van der Waals surface area contributed by atoms with Gasteiger partial charge in [-0.2, -0.15) is 0 Å². The summed E-state index contributed by atoms with van der Waals surface area (Å²) in [5.41, 5.74) is 0. The number of rotatable bonds is 7. The zero-order valence-corrected chi connectivity index (χ0v) is 9.65. The normalized spacial score (nSPS) is 11.2. The van der Waals surface area contributed by atoms with Crippen molar-refractivity contribution in [2.24, 2.45) is 0 Å². The van der Waals surface area contributed by atoms with Crippen molar-refractivity contribution >= 4 is 11.3 Å². The molecule has 2 heteroatoms. The van der Waals surface area contributed by atoms with Crippen molar-refractivity contribution in [1.82, 2.24) is 5.32 Å².